The molecule has 0 aromatic heterocycles. The smallest absolute Gasteiger partial charge is 0.201 e. The van der Waals surface area contributed by atoms with Crippen LogP contribution in [0.15, 0.2) is 0 Å². The second kappa shape index (κ2) is 4.99. The van der Waals surface area contributed by atoms with Crippen molar-refractivity contribution in [2.24, 2.45) is 0 Å². The number of carbonyl (C=O) groups is 2. The fraction of sp³-hybridized carbons (Fsp3) is 0.667. The van der Waals surface area contributed by atoms with Gasteiger partial charge in [-0.15, -0.1) is 0 Å². The number of hydrogen-bond acceptors (Lipinski definition) is 5. The highest BCUT2D eigenvalue weighted by Crippen LogP contribution is 2.41. The van der Waals surface area contributed by atoms with Crippen molar-refractivity contribution >= 4 is 19.3 Å². The van der Waals surface area contributed by atoms with Crippen LogP contribution >= 0.6 is 7.37 Å². The Kier molecular flexibility index (Phi) is 4.66. The fourth-order valence-corrected chi connectivity index (χ4v) is 1.93. The average molecular weight is 208 g/mol. The molecule has 0 aliphatic carbocycles. The first-order valence-electron chi connectivity index (χ1n) is 3.54. The van der Waals surface area contributed by atoms with Gasteiger partial charge in [-0.3, -0.25) is 4.57 Å². The summed E-state index contributed by atoms with van der Waals surface area (Å²) in [6.07, 6.45) is -1.99. The predicted octanol–water partition coefficient (Wildman–Crippen LogP) is -2.46. The molecule has 0 saturated carbocycles. The SMILES string of the molecule is O=C([O-])CCP(=O)(O)CCC(=O)[O-]. The molecule has 0 aliphatic heterocycles. The van der Waals surface area contributed by atoms with E-state index in [9.17, 15) is 24.4 Å². The third-order valence-corrected chi connectivity index (χ3v) is 3.18. The zero-order chi connectivity index (χ0) is 10.5. The van der Waals surface area contributed by atoms with Crippen LogP contribution in [0.5, 0.6) is 0 Å². The van der Waals surface area contributed by atoms with Crippen molar-refractivity contribution in [3.8, 4) is 0 Å². The van der Waals surface area contributed by atoms with Crippen LogP contribution in [0.2, 0.25) is 0 Å². The van der Waals surface area contributed by atoms with E-state index in [2.05, 4.69) is 0 Å². The molecule has 0 bridgehead atoms. The van der Waals surface area contributed by atoms with Crippen molar-refractivity contribution in [3.63, 3.8) is 0 Å². The van der Waals surface area contributed by atoms with E-state index in [0.29, 0.717) is 0 Å². The molecule has 0 unspecified atom stereocenters. The molecule has 0 fully saturated rings. The predicted molar refractivity (Wildman–Crippen MR) is 38.8 cm³/mol. The van der Waals surface area contributed by atoms with E-state index in [1.807, 2.05) is 0 Å². The average Bonchev–Trinajstić information content (AvgIpc) is 1.98. The number of carboxylic acids is 2. The topological polar surface area (TPSA) is 118 Å². The molecular formula is C6H9O6P-2. The zero-order valence-corrected chi connectivity index (χ0v) is 7.66. The van der Waals surface area contributed by atoms with Crippen LogP contribution in [0, 0.1) is 0 Å². The number of rotatable bonds is 6. The summed E-state index contributed by atoms with van der Waals surface area (Å²) < 4.78 is 11.0. The maximum Gasteiger partial charge on any atom is 0.201 e. The molecule has 0 spiro atoms. The summed E-state index contributed by atoms with van der Waals surface area (Å²) in [7, 11) is -3.64. The van der Waals surface area contributed by atoms with E-state index in [-0.39, 0.29) is 0 Å². The van der Waals surface area contributed by atoms with E-state index >= 15 is 0 Å². The lowest BCUT2D eigenvalue weighted by atomic mass is 10.5. The summed E-state index contributed by atoms with van der Waals surface area (Å²) in [6.45, 7) is 0. The van der Waals surface area contributed by atoms with Gasteiger partial charge in [0.15, 0.2) is 0 Å². The summed E-state index contributed by atoms with van der Waals surface area (Å²) in [5, 5.41) is 19.8. The van der Waals surface area contributed by atoms with Crippen molar-refractivity contribution in [2.75, 3.05) is 12.3 Å². The molecule has 1 N–H and O–H groups in total. The minimum absolute atomic E-state index is 0.456. The van der Waals surface area contributed by atoms with Crippen LogP contribution in [-0.2, 0) is 14.2 Å². The van der Waals surface area contributed by atoms with Crippen molar-refractivity contribution in [2.45, 2.75) is 12.8 Å². The van der Waals surface area contributed by atoms with Gasteiger partial charge in [0.2, 0.25) is 7.37 Å². The van der Waals surface area contributed by atoms with Gasteiger partial charge in [0, 0.05) is 24.3 Å². The lowest BCUT2D eigenvalue weighted by Crippen LogP contribution is -2.25. The largest absolute Gasteiger partial charge is 0.550 e. The summed E-state index contributed by atoms with van der Waals surface area (Å²) in [4.78, 5) is 28.8. The lowest BCUT2D eigenvalue weighted by Gasteiger charge is -2.11. The van der Waals surface area contributed by atoms with Crippen molar-refractivity contribution in [1.82, 2.24) is 0 Å². The third-order valence-electron chi connectivity index (χ3n) is 1.33. The molecule has 0 rings (SSSR count). The number of carbonyl (C=O) groups excluding carboxylic acids is 2. The molecule has 0 saturated heterocycles. The number of aliphatic carboxylic acids is 2. The number of carboxylic acid groups (broad SMARTS) is 2. The molecule has 0 heterocycles. The molecule has 0 aromatic rings. The molecule has 76 valence electrons. The molecule has 0 aliphatic rings. The zero-order valence-electron chi connectivity index (χ0n) is 6.76. The highest BCUT2D eigenvalue weighted by Gasteiger charge is 2.17. The van der Waals surface area contributed by atoms with Crippen LogP contribution in [0.25, 0.3) is 0 Å². The van der Waals surface area contributed by atoms with Gasteiger partial charge in [0.05, 0.1) is 0 Å². The van der Waals surface area contributed by atoms with Gasteiger partial charge in [0.1, 0.15) is 0 Å². The van der Waals surface area contributed by atoms with E-state index in [0.717, 1.165) is 0 Å². The molecule has 0 amide bonds. The van der Waals surface area contributed by atoms with E-state index in [1.165, 1.54) is 0 Å². The van der Waals surface area contributed by atoms with Gasteiger partial charge >= 0.3 is 0 Å². The number of hydrogen-bond donors (Lipinski definition) is 1. The monoisotopic (exact) mass is 208 g/mol. The first-order chi connectivity index (χ1) is 5.83. The van der Waals surface area contributed by atoms with E-state index < -0.39 is 44.5 Å². The Balaban J connectivity index is 3.87. The van der Waals surface area contributed by atoms with Gasteiger partial charge in [-0.05, 0) is 12.8 Å². The van der Waals surface area contributed by atoms with E-state index in [4.69, 9.17) is 4.89 Å². The van der Waals surface area contributed by atoms with Gasteiger partial charge in [-0.1, -0.05) is 0 Å². The van der Waals surface area contributed by atoms with Crippen LogP contribution < -0.4 is 10.2 Å². The normalized spacial score (nSPS) is 11.2. The van der Waals surface area contributed by atoms with Crippen LogP contribution in [0.3, 0.4) is 0 Å². The first kappa shape index (κ1) is 12.1. The highest BCUT2D eigenvalue weighted by molar-refractivity contribution is 7.58. The van der Waals surface area contributed by atoms with Crippen molar-refractivity contribution < 1.29 is 29.3 Å². The Morgan fingerprint density at radius 2 is 1.38 bits per heavy atom. The van der Waals surface area contributed by atoms with Crippen LogP contribution in [-0.4, -0.2) is 29.2 Å². The minimum atomic E-state index is -3.64. The molecule has 0 aromatic carbocycles. The second-order valence-corrected chi connectivity index (χ2v) is 5.12. The maximum atomic E-state index is 11.0. The van der Waals surface area contributed by atoms with Crippen LogP contribution in [0.4, 0.5) is 0 Å². The molecule has 13 heavy (non-hydrogen) atoms. The lowest BCUT2D eigenvalue weighted by molar-refractivity contribution is -0.306. The Morgan fingerprint density at radius 1 is 1.08 bits per heavy atom. The quantitative estimate of drug-likeness (QED) is 0.483. The highest BCUT2D eigenvalue weighted by atomic mass is 31.2. The van der Waals surface area contributed by atoms with Crippen molar-refractivity contribution in [1.29, 1.82) is 0 Å². The molecule has 7 heteroatoms. The first-order valence-corrected chi connectivity index (χ1v) is 5.57. The van der Waals surface area contributed by atoms with E-state index in [1.54, 1.807) is 0 Å². The molecular weight excluding hydrogens is 199 g/mol. The second-order valence-electron chi connectivity index (χ2n) is 2.54. The van der Waals surface area contributed by atoms with Crippen LogP contribution in [0.1, 0.15) is 12.8 Å². The van der Waals surface area contributed by atoms with Gasteiger partial charge in [0.25, 0.3) is 0 Å². The van der Waals surface area contributed by atoms with Gasteiger partial charge < -0.3 is 24.7 Å². The third kappa shape index (κ3) is 7.49. The summed E-state index contributed by atoms with van der Waals surface area (Å²) in [5.74, 6) is -2.86. The molecule has 0 atom stereocenters. The Hall–Kier alpha value is -0.870. The molecule has 0 radical (unpaired) electrons. The fourth-order valence-electron chi connectivity index (χ4n) is 0.644. The summed E-state index contributed by atoms with van der Waals surface area (Å²) >= 11 is 0. The Bertz CT molecular complexity index is 226. The summed E-state index contributed by atoms with van der Waals surface area (Å²) in [6, 6.07) is 0. The molecule has 6 nitrogen and oxygen atoms in total. The maximum absolute atomic E-state index is 11.0. The van der Waals surface area contributed by atoms with Gasteiger partial charge in [-0.2, -0.15) is 0 Å². The minimum Gasteiger partial charge on any atom is -0.550 e. The Labute approximate surface area is 74.6 Å². The standard InChI is InChI=1S/C6H11O6P/c7-5(8)1-3-13(11,12)4-2-6(9)10/h1-4H2,(H,7,8)(H,9,10)(H,11,12)/p-2. The Morgan fingerprint density at radius 3 is 1.62 bits per heavy atom. The van der Waals surface area contributed by atoms with Crippen molar-refractivity contribution in [3.05, 3.63) is 0 Å². The summed E-state index contributed by atoms with van der Waals surface area (Å²) in [5.41, 5.74) is 0. The van der Waals surface area contributed by atoms with Gasteiger partial charge in [-0.25, -0.2) is 0 Å².